The molecule has 0 saturated carbocycles. The number of nitrogens with zero attached hydrogens (tertiary/aromatic N) is 4. The largest absolute Gasteiger partial charge is 0.459 e. The van der Waals surface area contributed by atoms with Gasteiger partial charge in [-0.3, -0.25) is 39.5 Å². The molecule has 4 atom stereocenters. The first-order chi connectivity index (χ1) is 24.9. The lowest BCUT2D eigenvalue weighted by atomic mass is 9.99. The molecule has 3 N–H and O–H groups in total. The fourth-order valence-electron chi connectivity index (χ4n) is 5.77. The molecule has 0 bridgehead atoms. The van der Waals surface area contributed by atoms with Crippen LogP contribution in [-0.2, 0) is 37.1 Å². The van der Waals surface area contributed by atoms with Gasteiger partial charge in [-0.15, -0.1) is 0 Å². The third-order valence-electron chi connectivity index (χ3n) is 8.52. The highest BCUT2D eigenvalue weighted by molar-refractivity contribution is 8.14. The second-order valence-corrected chi connectivity index (χ2v) is 13.2. The summed E-state index contributed by atoms with van der Waals surface area (Å²) in [5, 5.41) is 24.2. The van der Waals surface area contributed by atoms with Crippen LogP contribution in [-0.4, -0.2) is 98.1 Å². The Balaban J connectivity index is 1.28. The van der Waals surface area contributed by atoms with Gasteiger partial charge in [-0.2, -0.15) is 0 Å². The summed E-state index contributed by atoms with van der Waals surface area (Å²) in [5.74, 6) is -2.47. The average molecular weight is 735 g/mol. The van der Waals surface area contributed by atoms with Crippen LogP contribution in [0.15, 0.2) is 78.9 Å². The Hall–Kier alpha value is -5.72. The molecule has 3 aromatic carbocycles. The maximum absolute atomic E-state index is 14.2. The number of non-ortho nitro benzene ring substituents is 2. The van der Waals surface area contributed by atoms with Crippen LogP contribution in [0.2, 0.25) is 0 Å². The van der Waals surface area contributed by atoms with Crippen molar-refractivity contribution in [2.24, 2.45) is 5.73 Å². The summed E-state index contributed by atoms with van der Waals surface area (Å²) in [6.45, 7) is -0.279. The van der Waals surface area contributed by atoms with Crippen molar-refractivity contribution in [1.82, 2.24) is 15.1 Å². The van der Waals surface area contributed by atoms with E-state index in [2.05, 4.69) is 5.32 Å². The van der Waals surface area contributed by atoms with Crippen molar-refractivity contribution in [3.05, 3.63) is 116 Å². The molecular formula is C34H34N6O11S. The van der Waals surface area contributed by atoms with E-state index in [1.54, 1.807) is 30.3 Å². The van der Waals surface area contributed by atoms with Crippen LogP contribution in [0.4, 0.5) is 16.2 Å². The van der Waals surface area contributed by atoms with Gasteiger partial charge >= 0.3 is 12.1 Å². The Kier molecular flexibility index (Phi) is 12.3. The van der Waals surface area contributed by atoms with E-state index in [0.717, 1.165) is 11.8 Å². The Morgan fingerprint density at radius 2 is 1.40 bits per heavy atom. The number of ether oxygens (including phenoxy) is 2. The Bertz CT molecular complexity index is 1830. The maximum atomic E-state index is 14.2. The molecule has 0 aliphatic carbocycles. The van der Waals surface area contributed by atoms with Crippen LogP contribution in [0.1, 0.15) is 27.9 Å². The predicted octanol–water partition coefficient (Wildman–Crippen LogP) is 2.60. The van der Waals surface area contributed by atoms with Crippen molar-refractivity contribution >= 4 is 52.0 Å². The number of Topliss-reactive ketones (excluding diaryl/α,β-unsaturated/α-hetero) is 1. The SMILES string of the molecule is NC(C(=O)OCc1ccc([N+](=O)[O-])cc1)C(=O)N1CCNCC1C(=O)[C@@H]1C[C@H](SC(=O)c2ccccc2)CN1C(=O)OCc1ccc([N+](=O)[O-])cc1. The summed E-state index contributed by atoms with van der Waals surface area (Å²) in [6, 6.07) is 15.1. The zero-order valence-corrected chi connectivity index (χ0v) is 28.3. The number of esters is 1. The maximum Gasteiger partial charge on any atom is 0.410 e. The molecule has 2 aliphatic rings. The normalized spacial score (nSPS) is 19.0. The number of hydrogen-bond acceptors (Lipinski definition) is 14. The topological polar surface area (TPSA) is 235 Å². The van der Waals surface area contributed by atoms with Gasteiger partial charge in [0.1, 0.15) is 19.3 Å². The standard InChI is InChI=1S/C34H34N6O11S/c35-29(32(43)50-19-21-6-10-24(11-7-21)39(46)47)31(42)37-15-14-36-17-28(37)30(41)27-16-26(52-33(44)23-4-2-1-3-5-23)18-38(27)34(45)51-20-22-8-12-25(13-9-22)40(48)49/h1-13,26-29,36H,14-20,35H2/t26-,27-,28?,29?/m0/s1. The van der Waals surface area contributed by atoms with E-state index in [4.69, 9.17) is 15.2 Å². The lowest BCUT2D eigenvalue weighted by Crippen LogP contribution is -2.63. The number of likely N-dealkylation sites (tertiary alicyclic amines) is 1. The first-order valence-corrected chi connectivity index (χ1v) is 16.9. The van der Waals surface area contributed by atoms with Gasteiger partial charge in [0, 0.05) is 61.3 Å². The third kappa shape index (κ3) is 9.14. The van der Waals surface area contributed by atoms with Crippen molar-refractivity contribution < 1.29 is 43.3 Å². The van der Waals surface area contributed by atoms with Crippen LogP contribution in [0.25, 0.3) is 0 Å². The number of carbonyl (C=O) groups is 5. The zero-order chi connectivity index (χ0) is 37.4. The molecule has 0 aromatic heterocycles. The number of piperazine rings is 1. The first kappa shape index (κ1) is 37.5. The number of amides is 2. The highest BCUT2D eigenvalue weighted by atomic mass is 32.2. The van der Waals surface area contributed by atoms with E-state index in [0.29, 0.717) is 16.7 Å². The number of ketones is 1. The van der Waals surface area contributed by atoms with Gasteiger partial charge in [0.25, 0.3) is 17.3 Å². The fraction of sp³-hybridized carbons (Fsp3) is 0.324. The van der Waals surface area contributed by atoms with E-state index in [1.165, 1.54) is 58.3 Å². The number of hydrogen-bond donors (Lipinski definition) is 2. The number of nitrogens with two attached hydrogens (primary N) is 1. The van der Waals surface area contributed by atoms with Gasteiger partial charge in [-0.05, 0) is 41.8 Å². The van der Waals surface area contributed by atoms with E-state index >= 15 is 0 Å². The van der Waals surface area contributed by atoms with Crippen LogP contribution in [0.5, 0.6) is 0 Å². The second kappa shape index (κ2) is 17.0. The number of carbonyl (C=O) groups excluding carboxylic acids is 5. The van der Waals surface area contributed by atoms with Gasteiger partial charge in [0.2, 0.25) is 5.12 Å². The quantitative estimate of drug-likeness (QED) is 0.118. The van der Waals surface area contributed by atoms with Gasteiger partial charge in [0.05, 0.1) is 15.9 Å². The molecule has 5 rings (SSSR count). The van der Waals surface area contributed by atoms with E-state index < -0.39 is 57.0 Å². The number of nitro benzene ring substituents is 2. The summed E-state index contributed by atoms with van der Waals surface area (Å²) < 4.78 is 10.7. The lowest BCUT2D eigenvalue weighted by Gasteiger charge is -2.38. The zero-order valence-electron chi connectivity index (χ0n) is 27.5. The van der Waals surface area contributed by atoms with Gasteiger partial charge < -0.3 is 25.4 Å². The second-order valence-electron chi connectivity index (χ2n) is 11.9. The smallest absolute Gasteiger partial charge is 0.410 e. The van der Waals surface area contributed by atoms with Crippen LogP contribution >= 0.6 is 11.8 Å². The number of nitrogens with one attached hydrogen (secondary N) is 1. The molecule has 2 amide bonds. The predicted molar refractivity (Wildman–Crippen MR) is 185 cm³/mol. The number of thioether (sulfide) groups is 1. The van der Waals surface area contributed by atoms with E-state index in [9.17, 15) is 44.2 Å². The lowest BCUT2D eigenvalue weighted by molar-refractivity contribution is -0.385. The fourth-order valence-corrected chi connectivity index (χ4v) is 6.86. The summed E-state index contributed by atoms with van der Waals surface area (Å²) in [4.78, 5) is 90.3. The molecule has 2 fully saturated rings. The van der Waals surface area contributed by atoms with Gasteiger partial charge in [-0.1, -0.05) is 42.1 Å². The molecule has 3 aromatic rings. The molecule has 0 radical (unpaired) electrons. The van der Waals surface area contributed by atoms with Crippen LogP contribution < -0.4 is 11.1 Å². The van der Waals surface area contributed by atoms with Crippen molar-refractivity contribution in [2.45, 2.75) is 43.0 Å². The molecule has 2 saturated heterocycles. The molecule has 0 spiro atoms. The van der Waals surface area contributed by atoms with Crippen LogP contribution in [0, 0.1) is 20.2 Å². The number of rotatable bonds is 12. The van der Waals surface area contributed by atoms with Crippen molar-refractivity contribution in [3.8, 4) is 0 Å². The first-order valence-electron chi connectivity index (χ1n) is 16.1. The molecule has 272 valence electrons. The van der Waals surface area contributed by atoms with Gasteiger partial charge in [0.15, 0.2) is 11.8 Å². The minimum absolute atomic E-state index is 0.00191. The molecule has 2 unspecified atom stereocenters. The average Bonchev–Trinajstić information content (AvgIpc) is 3.59. The molecule has 17 nitrogen and oxygen atoms in total. The van der Waals surface area contributed by atoms with Crippen molar-refractivity contribution in [2.75, 3.05) is 26.2 Å². The minimum atomic E-state index is -1.79. The summed E-state index contributed by atoms with van der Waals surface area (Å²) in [7, 11) is 0. The third-order valence-corrected chi connectivity index (χ3v) is 9.65. The van der Waals surface area contributed by atoms with Crippen LogP contribution in [0.3, 0.4) is 0 Å². The number of benzene rings is 3. The molecule has 18 heteroatoms. The summed E-state index contributed by atoms with van der Waals surface area (Å²) in [6.07, 6.45) is -0.795. The Morgan fingerprint density at radius 3 is 1.98 bits per heavy atom. The monoisotopic (exact) mass is 734 g/mol. The van der Waals surface area contributed by atoms with Crippen molar-refractivity contribution in [3.63, 3.8) is 0 Å². The summed E-state index contributed by atoms with van der Waals surface area (Å²) in [5.41, 5.74) is 7.06. The van der Waals surface area contributed by atoms with E-state index in [-0.39, 0.29) is 62.3 Å². The number of nitro groups is 2. The molecule has 52 heavy (non-hydrogen) atoms. The highest BCUT2D eigenvalue weighted by Crippen LogP contribution is 2.32. The highest BCUT2D eigenvalue weighted by Gasteiger charge is 2.47. The molecule has 2 aliphatic heterocycles. The van der Waals surface area contributed by atoms with Gasteiger partial charge in [-0.25, -0.2) is 9.59 Å². The Morgan fingerprint density at radius 1 is 0.827 bits per heavy atom. The van der Waals surface area contributed by atoms with Crippen molar-refractivity contribution in [1.29, 1.82) is 0 Å². The van der Waals surface area contributed by atoms with E-state index in [1.807, 2.05) is 0 Å². The molecule has 2 heterocycles. The Labute approximate surface area is 300 Å². The summed E-state index contributed by atoms with van der Waals surface area (Å²) >= 11 is 0.975. The minimum Gasteiger partial charge on any atom is -0.459 e. The molecular weight excluding hydrogens is 700 g/mol.